The summed E-state index contributed by atoms with van der Waals surface area (Å²) in [6.45, 7) is 0. The fourth-order valence-electron chi connectivity index (χ4n) is 1.13. The van der Waals surface area contributed by atoms with Gasteiger partial charge in [-0.15, -0.1) is 12.4 Å². The predicted octanol–water partition coefficient (Wildman–Crippen LogP) is 1.89. The Bertz CT molecular complexity index is 384. The third-order valence-electron chi connectivity index (χ3n) is 1.67. The summed E-state index contributed by atoms with van der Waals surface area (Å²) in [6.07, 6.45) is 1.50. The van der Waals surface area contributed by atoms with E-state index in [1.165, 1.54) is 6.20 Å². The molecular formula is C9H8ClNO. The van der Waals surface area contributed by atoms with E-state index in [1.807, 2.05) is 30.3 Å². The van der Waals surface area contributed by atoms with Crippen LogP contribution in [-0.2, 0) is 0 Å². The highest BCUT2D eigenvalue weighted by Gasteiger charge is 1.97. The van der Waals surface area contributed by atoms with Crippen LogP contribution in [0.2, 0.25) is 0 Å². The van der Waals surface area contributed by atoms with Gasteiger partial charge in [0.25, 0.3) is 0 Å². The van der Waals surface area contributed by atoms with Gasteiger partial charge < -0.3 is 5.21 Å². The van der Waals surface area contributed by atoms with Gasteiger partial charge >= 0.3 is 0 Å². The van der Waals surface area contributed by atoms with Gasteiger partial charge in [0, 0.05) is 17.5 Å². The molecule has 0 radical (unpaired) electrons. The summed E-state index contributed by atoms with van der Waals surface area (Å²) in [4.78, 5) is 0. The van der Waals surface area contributed by atoms with Crippen LogP contribution < -0.4 is 4.73 Å². The maximum absolute atomic E-state index is 11.1. The molecule has 0 fully saturated rings. The summed E-state index contributed by atoms with van der Waals surface area (Å²) in [5, 5.41) is 12.1. The molecule has 3 heteroatoms. The zero-order chi connectivity index (χ0) is 7.68. The summed E-state index contributed by atoms with van der Waals surface area (Å²) >= 11 is 0. The van der Waals surface area contributed by atoms with E-state index in [9.17, 15) is 5.21 Å². The first kappa shape index (κ1) is 8.81. The molecule has 0 saturated carbocycles. The van der Waals surface area contributed by atoms with Gasteiger partial charge in [-0.05, 0) is 12.1 Å². The summed E-state index contributed by atoms with van der Waals surface area (Å²) in [5.41, 5.74) is 0.718. The molecule has 0 aliphatic heterocycles. The number of hydrogen-bond acceptors (Lipinski definition) is 1. The standard InChI is InChI=1S/C9H7NO.ClH/c11-10-7-3-5-8-4-1-2-6-9(8)10;/h1-7H;1H. The van der Waals surface area contributed by atoms with Crippen LogP contribution in [0.25, 0.3) is 10.9 Å². The van der Waals surface area contributed by atoms with Gasteiger partial charge in [-0.3, -0.25) is 0 Å². The lowest BCUT2D eigenvalue weighted by atomic mass is 10.2. The zero-order valence-electron chi connectivity index (χ0n) is 6.31. The van der Waals surface area contributed by atoms with Gasteiger partial charge in [0.15, 0.2) is 6.20 Å². The Morgan fingerprint density at radius 1 is 1.00 bits per heavy atom. The normalized spacial score (nSPS) is 9.33. The van der Waals surface area contributed by atoms with Gasteiger partial charge in [-0.1, -0.05) is 12.1 Å². The molecule has 1 aromatic carbocycles. The average Bonchev–Trinajstić information content (AvgIpc) is 2.06. The molecule has 0 amide bonds. The lowest BCUT2D eigenvalue weighted by Crippen LogP contribution is -2.25. The van der Waals surface area contributed by atoms with Crippen molar-refractivity contribution in [3.05, 3.63) is 47.8 Å². The lowest BCUT2D eigenvalue weighted by Gasteiger charge is -1.98. The molecule has 62 valence electrons. The van der Waals surface area contributed by atoms with Crippen molar-refractivity contribution >= 4 is 23.3 Å². The molecule has 2 rings (SSSR count). The molecule has 0 saturated heterocycles. The van der Waals surface area contributed by atoms with Crippen molar-refractivity contribution in [1.82, 2.24) is 0 Å². The van der Waals surface area contributed by atoms with Crippen LogP contribution in [0.1, 0.15) is 0 Å². The van der Waals surface area contributed by atoms with E-state index in [4.69, 9.17) is 0 Å². The van der Waals surface area contributed by atoms with Crippen LogP contribution in [0.5, 0.6) is 0 Å². The fraction of sp³-hybridized carbons (Fsp3) is 0. The maximum atomic E-state index is 11.1. The van der Waals surface area contributed by atoms with Crippen LogP contribution >= 0.6 is 12.4 Å². The van der Waals surface area contributed by atoms with E-state index in [0.717, 1.165) is 15.6 Å². The molecule has 1 aromatic heterocycles. The van der Waals surface area contributed by atoms with Crippen LogP contribution in [0, 0.1) is 5.21 Å². The molecule has 0 N–H and O–H groups in total. The van der Waals surface area contributed by atoms with Crippen molar-refractivity contribution in [3.8, 4) is 0 Å². The van der Waals surface area contributed by atoms with Crippen LogP contribution in [0.15, 0.2) is 42.6 Å². The molecule has 2 nitrogen and oxygen atoms in total. The number of rotatable bonds is 0. The van der Waals surface area contributed by atoms with Gasteiger partial charge in [0.05, 0.1) is 0 Å². The number of nitrogens with zero attached hydrogens (tertiary/aromatic N) is 1. The van der Waals surface area contributed by atoms with Crippen LogP contribution in [0.4, 0.5) is 0 Å². The first-order valence-corrected chi connectivity index (χ1v) is 3.45. The van der Waals surface area contributed by atoms with E-state index < -0.39 is 0 Å². The Kier molecular flexibility index (Phi) is 2.51. The smallest absolute Gasteiger partial charge is 0.223 e. The molecule has 0 atom stereocenters. The predicted molar refractivity (Wildman–Crippen MR) is 50.2 cm³/mol. The van der Waals surface area contributed by atoms with Crippen molar-refractivity contribution in [1.29, 1.82) is 0 Å². The Balaban J connectivity index is 0.000000720. The highest BCUT2D eigenvalue weighted by molar-refractivity contribution is 5.85. The maximum Gasteiger partial charge on any atom is 0.223 e. The monoisotopic (exact) mass is 181 g/mol. The quantitative estimate of drug-likeness (QED) is 0.451. The second-order valence-corrected chi connectivity index (χ2v) is 2.39. The number of pyridine rings is 1. The Hall–Kier alpha value is -1.28. The fourth-order valence-corrected chi connectivity index (χ4v) is 1.13. The van der Waals surface area contributed by atoms with Crippen molar-refractivity contribution < 1.29 is 4.73 Å². The molecule has 0 bridgehead atoms. The number of benzene rings is 1. The summed E-state index contributed by atoms with van der Waals surface area (Å²) in [7, 11) is 0. The zero-order valence-corrected chi connectivity index (χ0v) is 7.12. The molecule has 0 aliphatic rings. The number of halogens is 1. The average molecular weight is 182 g/mol. The Morgan fingerprint density at radius 3 is 2.42 bits per heavy atom. The van der Waals surface area contributed by atoms with Crippen molar-refractivity contribution in [2.24, 2.45) is 0 Å². The summed E-state index contributed by atoms with van der Waals surface area (Å²) < 4.78 is 0.870. The third kappa shape index (κ3) is 1.34. The second-order valence-electron chi connectivity index (χ2n) is 2.39. The number of para-hydroxylation sites is 1. The van der Waals surface area contributed by atoms with Crippen molar-refractivity contribution in [2.45, 2.75) is 0 Å². The molecule has 12 heavy (non-hydrogen) atoms. The van der Waals surface area contributed by atoms with Gasteiger partial charge in [0.1, 0.15) is 0 Å². The SMILES string of the molecule is Cl.[O-][n+]1cccc2ccccc21. The van der Waals surface area contributed by atoms with Crippen molar-refractivity contribution in [2.75, 3.05) is 0 Å². The van der Waals surface area contributed by atoms with E-state index in [0.29, 0.717) is 0 Å². The van der Waals surface area contributed by atoms with E-state index in [1.54, 1.807) is 6.07 Å². The minimum atomic E-state index is 0. The van der Waals surface area contributed by atoms with Gasteiger partial charge in [-0.2, -0.15) is 4.73 Å². The molecular weight excluding hydrogens is 174 g/mol. The highest BCUT2D eigenvalue weighted by atomic mass is 35.5. The highest BCUT2D eigenvalue weighted by Crippen LogP contribution is 2.06. The first-order valence-electron chi connectivity index (χ1n) is 3.45. The van der Waals surface area contributed by atoms with E-state index >= 15 is 0 Å². The Morgan fingerprint density at radius 2 is 1.67 bits per heavy atom. The third-order valence-corrected chi connectivity index (χ3v) is 1.67. The molecule has 0 spiro atoms. The topological polar surface area (TPSA) is 26.9 Å². The van der Waals surface area contributed by atoms with E-state index in [-0.39, 0.29) is 12.4 Å². The molecule has 0 aliphatic carbocycles. The second kappa shape index (κ2) is 3.41. The lowest BCUT2D eigenvalue weighted by molar-refractivity contribution is -0.577. The first-order chi connectivity index (χ1) is 5.38. The summed E-state index contributed by atoms with van der Waals surface area (Å²) in [5.74, 6) is 0. The van der Waals surface area contributed by atoms with E-state index in [2.05, 4.69) is 0 Å². The van der Waals surface area contributed by atoms with Gasteiger partial charge in [0.2, 0.25) is 5.52 Å². The number of aromatic nitrogens is 1. The summed E-state index contributed by atoms with van der Waals surface area (Å²) in [6, 6.07) is 11.2. The largest absolute Gasteiger partial charge is 0.618 e. The number of hydrogen-bond donors (Lipinski definition) is 0. The molecule has 0 unspecified atom stereocenters. The minimum Gasteiger partial charge on any atom is -0.618 e. The molecule has 1 heterocycles. The van der Waals surface area contributed by atoms with Crippen LogP contribution in [-0.4, -0.2) is 0 Å². The van der Waals surface area contributed by atoms with Gasteiger partial charge in [-0.25, -0.2) is 0 Å². The minimum absolute atomic E-state index is 0. The molecule has 2 aromatic rings. The number of fused-ring (bicyclic) bond motifs is 1. The van der Waals surface area contributed by atoms with Crippen LogP contribution in [0.3, 0.4) is 0 Å². The van der Waals surface area contributed by atoms with Crippen molar-refractivity contribution in [3.63, 3.8) is 0 Å². The Labute approximate surface area is 76.4 Å².